The summed E-state index contributed by atoms with van der Waals surface area (Å²) in [5.41, 5.74) is 2.19. The zero-order valence-corrected chi connectivity index (χ0v) is 12.0. The second kappa shape index (κ2) is 5.55. The Hall–Kier alpha value is -1.32. The van der Waals surface area contributed by atoms with Gasteiger partial charge in [-0.3, -0.25) is 0 Å². The summed E-state index contributed by atoms with van der Waals surface area (Å²) in [6.07, 6.45) is 0. The van der Waals surface area contributed by atoms with Gasteiger partial charge in [-0.15, -0.1) is 0 Å². The van der Waals surface area contributed by atoms with Gasteiger partial charge in [0.25, 0.3) is 0 Å². The Labute approximate surface area is 119 Å². The molecule has 0 amide bonds. The van der Waals surface area contributed by atoms with Gasteiger partial charge in [-0.05, 0) is 35.4 Å². The average molecular weight is 326 g/mol. The van der Waals surface area contributed by atoms with Crippen LogP contribution in [0.4, 0.5) is 0 Å². The number of hydrogen-bond acceptors (Lipinski definition) is 2. The monoisotopic (exact) mass is 324 g/mol. The number of hydrogen-bond donors (Lipinski definition) is 0. The summed E-state index contributed by atoms with van der Waals surface area (Å²) in [5, 5.41) is 0.610. The number of methoxy groups -OCH3 is 1. The summed E-state index contributed by atoms with van der Waals surface area (Å²) >= 11 is 9.41. The number of carbonyl (C=O) groups is 1. The molecule has 18 heavy (non-hydrogen) atoms. The van der Waals surface area contributed by atoms with Crippen molar-refractivity contribution in [2.45, 2.75) is 0 Å². The average Bonchev–Trinajstić information content (AvgIpc) is 2.36. The minimum absolute atomic E-state index is 0.360. The largest absolute Gasteiger partial charge is 0.465 e. The highest BCUT2D eigenvalue weighted by Gasteiger charge is 2.13. The van der Waals surface area contributed by atoms with E-state index in [1.807, 2.05) is 24.3 Å². The molecule has 0 unspecified atom stereocenters. The predicted molar refractivity (Wildman–Crippen MR) is 75.9 cm³/mol. The van der Waals surface area contributed by atoms with Crippen LogP contribution >= 0.6 is 27.5 Å². The molecule has 0 saturated carbocycles. The molecule has 92 valence electrons. The molecule has 0 radical (unpaired) electrons. The van der Waals surface area contributed by atoms with Crippen molar-refractivity contribution in [3.8, 4) is 11.1 Å². The van der Waals surface area contributed by atoms with Crippen LogP contribution in [0.3, 0.4) is 0 Å². The Bertz CT molecular complexity index is 576. The van der Waals surface area contributed by atoms with Crippen molar-refractivity contribution < 1.29 is 9.53 Å². The fraction of sp³-hybridized carbons (Fsp3) is 0.0714. The Morgan fingerprint density at radius 2 is 1.94 bits per heavy atom. The fourth-order valence-corrected chi connectivity index (χ4v) is 2.59. The van der Waals surface area contributed by atoms with E-state index in [1.54, 1.807) is 18.2 Å². The van der Waals surface area contributed by atoms with Crippen LogP contribution < -0.4 is 0 Å². The lowest BCUT2D eigenvalue weighted by Crippen LogP contribution is -2.03. The Morgan fingerprint density at radius 3 is 2.61 bits per heavy atom. The number of esters is 1. The van der Waals surface area contributed by atoms with Gasteiger partial charge in [0.1, 0.15) is 0 Å². The van der Waals surface area contributed by atoms with Gasteiger partial charge in [-0.25, -0.2) is 4.79 Å². The number of rotatable bonds is 2. The zero-order chi connectivity index (χ0) is 13.1. The molecule has 0 fully saturated rings. The highest BCUT2D eigenvalue weighted by atomic mass is 79.9. The van der Waals surface area contributed by atoms with Crippen molar-refractivity contribution >= 4 is 33.5 Å². The number of benzene rings is 2. The molecule has 2 nitrogen and oxygen atoms in total. The number of halogens is 2. The van der Waals surface area contributed by atoms with Crippen LogP contribution in [0.5, 0.6) is 0 Å². The van der Waals surface area contributed by atoms with E-state index in [1.165, 1.54) is 7.11 Å². The highest BCUT2D eigenvalue weighted by Crippen LogP contribution is 2.30. The van der Waals surface area contributed by atoms with Gasteiger partial charge in [0.2, 0.25) is 0 Å². The first-order valence-corrected chi connectivity index (χ1v) is 6.42. The molecule has 0 aliphatic heterocycles. The Balaban J connectivity index is 2.60. The second-order valence-electron chi connectivity index (χ2n) is 3.70. The lowest BCUT2D eigenvalue weighted by molar-refractivity contribution is 0.0601. The van der Waals surface area contributed by atoms with Crippen LogP contribution in [0.1, 0.15) is 10.4 Å². The molecule has 0 atom stereocenters. The van der Waals surface area contributed by atoms with Crippen LogP contribution in [-0.4, -0.2) is 13.1 Å². The molecular formula is C14H10BrClO2. The second-order valence-corrected chi connectivity index (χ2v) is 5.05. The van der Waals surface area contributed by atoms with Gasteiger partial charge in [-0.2, -0.15) is 0 Å². The van der Waals surface area contributed by atoms with E-state index < -0.39 is 0 Å². The van der Waals surface area contributed by atoms with E-state index >= 15 is 0 Å². The molecule has 0 saturated heterocycles. The van der Waals surface area contributed by atoms with Crippen molar-refractivity contribution in [1.82, 2.24) is 0 Å². The number of carbonyl (C=O) groups excluding carboxylic acids is 1. The summed E-state index contributed by atoms with van der Waals surface area (Å²) in [5.74, 6) is -0.360. The maximum absolute atomic E-state index is 11.7. The molecule has 0 N–H and O–H groups in total. The highest BCUT2D eigenvalue weighted by molar-refractivity contribution is 9.10. The minimum atomic E-state index is -0.360. The van der Waals surface area contributed by atoms with E-state index in [0.717, 1.165) is 15.6 Å². The van der Waals surface area contributed by atoms with E-state index in [-0.39, 0.29) is 5.97 Å². The molecule has 0 aromatic heterocycles. The third-order valence-electron chi connectivity index (χ3n) is 2.51. The van der Waals surface area contributed by atoms with Crippen LogP contribution in [0, 0.1) is 0 Å². The van der Waals surface area contributed by atoms with Crippen molar-refractivity contribution in [2.75, 3.05) is 7.11 Å². The van der Waals surface area contributed by atoms with Gasteiger partial charge >= 0.3 is 5.97 Å². The van der Waals surface area contributed by atoms with Gasteiger partial charge in [0, 0.05) is 9.50 Å². The SMILES string of the molecule is COC(=O)c1ccccc1-c1cc(Cl)cc(Br)c1. The van der Waals surface area contributed by atoms with Crippen LogP contribution in [0.15, 0.2) is 46.9 Å². The third kappa shape index (κ3) is 2.74. The first-order valence-electron chi connectivity index (χ1n) is 5.25. The number of ether oxygens (including phenoxy) is 1. The fourth-order valence-electron chi connectivity index (χ4n) is 1.73. The van der Waals surface area contributed by atoms with E-state index in [9.17, 15) is 4.79 Å². The smallest absolute Gasteiger partial charge is 0.338 e. The van der Waals surface area contributed by atoms with Crippen LogP contribution in [-0.2, 0) is 4.74 Å². The molecule has 0 aliphatic carbocycles. The van der Waals surface area contributed by atoms with Crippen molar-refractivity contribution in [3.05, 3.63) is 57.5 Å². The molecular weight excluding hydrogens is 316 g/mol. The minimum Gasteiger partial charge on any atom is -0.465 e. The Morgan fingerprint density at radius 1 is 1.22 bits per heavy atom. The van der Waals surface area contributed by atoms with Crippen molar-refractivity contribution in [3.63, 3.8) is 0 Å². The summed E-state index contributed by atoms with van der Waals surface area (Å²) in [7, 11) is 1.37. The Kier molecular flexibility index (Phi) is 4.04. The van der Waals surface area contributed by atoms with E-state index in [4.69, 9.17) is 16.3 Å². The molecule has 2 aromatic rings. The van der Waals surface area contributed by atoms with Gasteiger partial charge < -0.3 is 4.74 Å². The maximum Gasteiger partial charge on any atom is 0.338 e. The van der Waals surface area contributed by atoms with Crippen molar-refractivity contribution in [1.29, 1.82) is 0 Å². The molecule has 4 heteroatoms. The lowest BCUT2D eigenvalue weighted by Gasteiger charge is -2.08. The topological polar surface area (TPSA) is 26.3 Å². The standard InChI is InChI=1S/C14H10BrClO2/c1-18-14(17)13-5-3-2-4-12(13)9-6-10(15)8-11(16)7-9/h2-8H,1H3. The van der Waals surface area contributed by atoms with Crippen LogP contribution in [0.25, 0.3) is 11.1 Å². The maximum atomic E-state index is 11.7. The normalized spacial score (nSPS) is 10.2. The lowest BCUT2D eigenvalue weighted by atomic mass is 10.00. The summed E-state index contributed by atoms with van der Waals surface area (Å²) < 4.78 is 5.64. The molecule has 2 aromatic carbocycles. The van der Waals surface area contributed by atoms with Crippen LogP contribution in [0.2, 0.25) is 5.02 Å². The summed E-state index contributed by atoms with van der Waals surface area (Å²) in [6, 6.07) is 12.8. The molecule has 0 bridgehead atoms. The zero-order valence-electron chi connectivity index (χ0n) is 9.61. The van der Waals surface area contributed by atoms with Crippen molar-refractivity contribution in [2.24, 2.45) is 0 Å². The first-order chi connectivity index (χ1) is 8.61. The van der Waals surface area contributed by atoms with E-state index in [0.29, 0.717) is 10.6 Å². The molecule has 2 rings (SSSR count). The molecule has 0 aliphatic rings. The summed E-state index contributed by atoms with van der Waals surface area (Å²) in [6.45, 7) is 0. The van der Waals surface area contributed by atoms with Gasteiger partial charge in [0.05, 0.1) is 12.7 Å². The van der Waals surface area contributed by atoms with Gasteiger partial charge in [-0.1, -0.05) is 45.7 Å². The summed E-state index contributed by atoms with van der Waals surface area (Å²) in [4.78, 5) is 11.7. The molecule has 0 heterocycles. The molecule has 0 spiro atoms. The first kappa shape index (κ1) is 13.1. The van der Waals surface area contributed by atoms with E-state index in [2.05, 4.69) is 15.9 Å². The third-order valence-corrected chi connectivity index (χ3v) is 3.18. The quantitative estimate of drug-likeness (QED) is 0.757. The predicted octanol–water partition coefficient (Wildman–Crippen LogP) is 4.56. The van der Waals surface area contributed by atoms with Gasteiger partial charge in [0.15, 0.2) is 0 Å².